The number of benzene rings is 1. The highest BCUT2D eigenvalue weighted by atomic mass is 35.5. The zero-order chi connectivity index (χ0) is 16.8. The van der Waals surface area contributed by atoms with Gasteiger partial charge in [0, 0.05) is 20.2 Å². The lowest BCUT2D eigenvalue weighted by molar-refractivity contribution is -0.0530. The quantitative estimate of drug-likeness (QED) is 0.836. The fourth-order valence-corrected chi connectivity index (χ4v) is 2.75. The van der Waals surface area contributed by atoms with Gasteiger partial charge in [-0.25, -0.2) is 4.79 Å². The lowest BCUT2D eigenvalue weighted by atomic mass is 10.2. The van der Waals surface area contributed by atoms with Crippen LogP contribution in [0.5, 0.6) is 5.75 Å². The zero-order valence-electron chi connectivity index (χ0n) is 13.7. The second-order valence-corrected chi connectivity index (χ2v) is 5.96. The number of carbonyl (C=O) groups is 1. The van der Waals surface area contributed by atoms with Crippen molar-refractivity contribution in [3.05, 3.63) is 23.2 Å². The minimum atomic E-state index is -0.189. The topological polar surface area (TPSA) is 60.0 Å². The van der Waals surface area contributed by atoms with Crippen molar-refractivity contribution >= 4 is 23.3 Å². The van der Waals surface area contributed by atoms with Gasteiger partial charge in [-0.1, -0.05) is 17.7 Å². The van der Waals surface area contributed by atoms with E-state index in [0.717, 1.165) is 0 Å². The summed E-state index contributed by atoms with van der Waals surface area (Å²) in [6.07, 6.45) is 0.0302. The molecule has 0 bridgehead atoms. The summed E-state index contributed by atoms with van der Waals surface area (Å²) in [5.41, 5.74) is 0.547. The summed E-state index contributed by atoms with van der Waals surface area (Å²) in [5, 5.41) is 3.32. The number of carbonyl (C=O) groups excluding carboxylic acids is 1. The fourth-order valence-electron chi connectivity index (χ4n) is 2.52. The van der Waals surface area contributed by atoms with Crippen LogP contribution in [0.3, 0.4) is 0 Å². The van der Waals surface area contributed by atoms with Gasteiger partial charge in [-0.05, 0) is 26.0 Å². The first-order chi connectivity index (χ1) is 11.0. The maximum Gasteiger partial charge on any atom is 0.322 e. The molecule has 0 spiro atoms. The second kappa shape index (κ2) is 8.38. The first-order valence-corrected chi connectivity index (χ1v) is 8.00. The van der Waals surface area contributed by atoms with Gasteiger partial charge in [0.05, 0.1) is 29.5 Å². The minimum Gasteiger partial charge on any atom is -0.487 e. The van der Waals surface area contributed by atoms with Crippen molar-refractivity contribution < 1.29 is 19.0 Å². The van der Waals surface area contributed by atoms with E-state index in [0.29, 0.717) is 42.8 Å². The highest BCUT2D eigenvalue weighted by Gasteiger charge is 2.26. The van der Waals surface area contributed by atoms with Crippen molar-refractivity contribution in [1.29, 1.82) is 0 Å². The third-order valence-electron chi connectivity index (χ3n) is 3.45. The van der Waals surface area contributed by atoms with Crippen molar-refractivity contribution in [2.45, 2.75) is 26.1 Å². The van der Waals surface area contributed by atoms with Crippen molar-refractivity contribution in [3.63, 3.8) is 0 Å². The summed E-state index contributed by atoms with van der Waals surface area (Å²) < 4.78 is 16.2. The number of morpholine rings is 1. The van der Waals surface area contributed by atoms with Gasteiger partial charge in [0.25, 0.3) is 0 Å². The summed E-state index contributed by atoms with van der Waals surface area (Å²) in [6, 6.07) is 5.06. The van der Waals surface area contributed by atoms with Crippen LogP contribution in [0.15, 0.2) is 18.2 Å². The van der Waals surface area contributed by atoms with Crippen LogP contribution < -0.4 is 10.1 Å². The molecule has 1 heterocycles. The first-order valence-electron chi connectivity index (χ1n) is 7.63. The number of hydrogen-bond acceptors (Lipinski definition) is 4. The summed E-state index contributed by atoms with van der Waals surface area (Å²) >= 11 is 6.17. The van der Waals surface area contributed by atoms with Gasteiger partial charge in [-0.2, -0.15) is 0 Å². The van der Waals surface area contributed by atoms with Gasteiger partial charge in [-0.15, -0.1) is 0 Å². The van der Waals surface area contributed by atoms with Crippen LogP contribution in [0, 0.1) is 0 Å². The van der Waals surface area contributed by atoms with Crippen LogP contribution in [0.4, 0.5) is 10.5 Å². The van der Waals surface area contributed by atoms with Crippen molar-refractivity contribution in [2.24, 2.45) is 0 Å². The lowest BCUT2D eigenvalue weighted by Gasteiger charge is -2.35. The Bertz CT molecular complexity index is 531. The molecular weight excluding hydrogens is 320 g/mol. The van der Waals surface area contributed by atoms with Crippen LogP contribution in [0.2, 0.25) is 5.02 Å². The number of para-hydroxylation sites is 1. The van der Waals surface area contributed by atoms with Crippen LogP contribution >= 0.6 is 11.6 Å². The Hall–Kier alpha value is -1.50. The second-order valence-electron chi connectivity index (χ2n) is 5.55. The monoisotopic (exact) mass is 342 g/mol. The Morgan fingerprint density at radius 1 is 1.35 bits per heavy atom. The molecule has 0 radical (unpaired) electrons. The van der Waals surface area contributed by atoms with Crippen molar-refractivity contribution in [3.8, 4) is 5.75 Å². The minimum absolute atomic E-state index is 0.0151. The van der Waals surface area contributed by atoms with Crippen LogP contribution in [-0.2, 0) is 9.47 Å². The van der Waals surface area contributed by atoms with E-state index in [2.05, 4.69) is 5.32 Å². The summed E-state index contributed by atoms with van der Waals surface area (Å²) in [7, 11) is 1.60. The summed E-state index contributed by atoms with van der Waals surface area (Å²) in [6.45, 7) is 5.81. The molecule has 1 saturated heterocycles. The maximum absolute atomic E-state index is 12.5. The molecule has 2 rings (SSSR count). The average Bonchev–Trinajstić information content (AvgIpc) is 2.49. The zero-order valence-corrected chi connectivity index (χ0v) is 14.4. The van der Waals surface area contributed by atoms with E-state index in [1.54, 1.807) is 30.2 Å². The van der Waals surface area contributed by atoms with E-state index in [9.17, 15) is 4.79 Å². The van der Waals surface area contributed by atoms with E-state index in [-0.39, 0.29) is 18.2 Å². The van der Waals surface area contributed by atoms with E-state index in [1.165, 1.54) is 0 Å². The number of rotatable bonds is 5. The maximum atomic E-state index is 12.5. The number of nitrogens with zero attached hydrogens (tertiary/aromatic N) is 1. The molecular formula is C16H23ClN2O4. The lowest BCUT2D eigenvalue weighted by Crippen LogP contribution is -2.49. The van der Waals surface area contributed by atoms with Gasteiger partial charge < -0.3 is 24.4 Å². The molecule has 1 aromatic rings. The number of amides is 2. The smallest absolute Gasteiger partial charge is 0.322 e. The van der Waals surface area contributed by atoms with E-state index in [4.69, 9.17) is 25.8 Å². The highest BCUT2D eigenvalue weighted by Crippen LogP contribution is 2.33. The van der Waals surface area contributed by atoms with E-state index >= 15 is 0 Å². The van der Waals surface area contributed by atoms with Crippen LogP contribution in [0.25, 0.3) is 0 Å². The largest absolute Gasteiger partial charge is 0.487 e. The Balaban J connectivity index is 2.06. The Kier molecular flexibility index (Phi) is 6.50. The predicted molar refractivity (Wildman–Crippen MR) is 89.4 cm³/mol. The Labute approximate surface area is 141 Å². The highest BCUT2D eigenvalue weighted by molar-refractivity contribution is 6.32. The number of urea groups is 1. The van der Waals surface area contributed by atoms with Gasteiger partial charge in [0.1, 0.15) is 6.61 Å². The molecule has 0 aromatic heterocycles. The van der Waals surface area contributed by atoms with Crippen molar-refractivity contribution in [2.75, 3.05) is 38.7 Å². The molecule has 1 aromatic carbocycles. The average molecular weight is 343 g/mol. The number of ether oxygens (including phenoxy) is 3. The molecule has 23 heavy (non-hydrogen) atoms. The molecule has 1 fully saturated rings. The molecule has 2 atom stereocenters. The molecule has 128 valence electrons. The van der Waals surface area contributed by atoms with Crippen LogP contribution in [-0.4, -0.2) is 56.6 Å². The van der Waals surface area contributed by atoms with E-state index in [1.807, 2.05) is 13.8 Å². The number of methoxy groups -OCH3 is 1. The van der Waals surface area contributed by atoms with Crippen LogP contribution in [0.1, 0.15) is 13.8 Å². The third-order valence-corrected chi connectivity index (χ3v) is 3.75. The summed E-state index contributed by atoms with van der Waals surface area (Å²) in [4.78, 5) is 14.2. The molecule has 0 saturated carbocycles. The molecule has 2 amide bonds. The SMILES string of the molecule is COCCOc1c(Cl)cccc1NC(=O)N1CC(C)OC(C)C1. The van der Waals surface area contributed by atoms with Gasteiger partial charge in [-0.3, -0.25) is 0 Å². The number of hydrogen-bond donors (Lipinski definition) is 1. The first kappa shape index (κ1) is 17.8. The Morgan fingerprint density at radius 3 is 2.70 bits per heavy atom. The summed E-state index contributed by atoms with van der Waals surface area (Å²) in [5.74, 6) is 0.453. The molecule has 6 nitrogen and oxygen atoms in total. The third kappa shape index (κ3) is 4.99. The van der Waals surface area contributed by atoms with Crippen molar-refractivity contribution in [1.82, 2.24) is 4.90 Å². The van der Waals surface area contributed by atoms with E-state index < -0.39 is 0 Å². The number of halogens is 1. The fraction of sp³-hybridized carbons (Fsp3) is 0.562. The molecule has 2 unspecified atom stereocenters. The molecule has 0 aliphatic carbocycles. The molecule has 7 heteroatoms. The standard InChI is InChI=1S/C16H23ClN2O4/c1-11-9-19(10-12(2)23-11)16(20)18-14-6-4-5-13(17)15(14)22-8-7-21-3/h4-6,11-12H,7-10H2,1-3H3,(H,18,20). The van der Waals surface area contributed by atoms with Gasteiger partial charge >= 0.3 is 6.03 Å². The van der Waals surface area contributed by atoms with Gasteiger partial charge in [0.15, 0.2) is 5.75 Å². The number of anilines is 1. The number of nitrogens with one attached hydrogen (secondary N) is 1. The molecule has 1 aliphatic rings. The molecule has 1 aliphatic heterocycles. The Morgan fingerprint density at radius 2 is 2.04 bits per heavy atom. The predicted octanol–water partition coefficient (Wildman–Crippen LogP) is 3.01. The molecule has 1 N–H and O–H groups in total. The normalized spacial score (nSPS) is 21.1. The van der Waals surface area contributed by atoms with Gasteiger partial charge in [0.2, 0.25) is 0 Å².